The first-order valence-electron chi connectivity index (χ1n) is 5.79. The van der Waals surface area contributed by atoms with Gasteiger partial charge in [0.05, 0.1) is 5.75 Å². The van der Waals surface area contributed by atoms with Gasteiger partial charge in [-0.1, -0.05) is 29.8 Å². The van der Waals surface area contributed by atoms with Gasteiger partial charge in [0.15, 0.2) is 0 Å². The van der Waals surface area contributed by atoms with E-state index in [-0.39, 0.29) is 5.75 Å². The minimum absolute atomic E-state index is 0.280. The van der Waals surface area contributed by atoms with E-state index in [0.717, 1.165) is 12.3 Å². The van der Waals surface area contributed by atoms with E-state index in [4.69, 9.17) is 0 Å². The zero-order valence-corrected chi connectivity index (χ0v) is 12.0. The fourth-order valence-corrected chi connectivity index (χ4v) is 3.93. The summed E-state index contributed by atoms with van der Waals surface area (Å²) in [4.78, 5) is 0.528. The van der Waals surface area contributed by atoms with Crippen LogP contribution in [0.3, 0.4) is 0 Å². The lowest BCUT2D eigenvalue weighted by molar-refractivity contribution is 0.290. The second-order valence-electron chi connectivity index (χ2n) is 4.72. The summed E-state index contributed by atoms with van der Waals surface area (Å²) < 4.78 is 22.8. The molecular weight excluding hydrogens is 276 g/mol. The lowest BCUT2D eigenvalue weighted by Crippen LogP contribution is -2.26. The fourth-order valence-electron chi connectivity index (χ4n) is 2.24. The van der Waals surface area contributed by atoms with Crippen LogP contribution in [0.2, 0.25) is 0 Å². The molecule has 0 amide bonds. The highest BCUT2D eigenvalue weighted by atomic mass is 79.9. The highest BCUT2D eigenvalue weighted by Gasteiger charge is 2.27. The van der Waals surface area contributed by atoms with E-state index < -0.39 is 9.84 Å². The summed E-state index contributed by atoms with van der Waals surface area (Å²) in [6.07, 6.45) is 4.47. The van der Waals surface area contributed by atoms with Gasteiger partial charge in [0, 0.05) is 10.6 Å². The van der Waals surface area contributed by atoms with Gasteiger partial charge in [0.2, 0.25) is 0 Å². The zero-order valence-electron chi connectivity index (χ0n) is 9.58. The molecule has 0 radical (unpaired) electrons. The molecule has 1 aliphatic carbocycles. The average molecular weight is 297 g/mol. The Morgan fingerprint density at radius 2 is 2.00 bits per heavy atom. The van der Waals surface area contributed by atoms with Gasteiger partial charge < -0.3 is 0 Å². The van der Waals surface area contributed by atoms with Gasteiger partial charge >= 0.3 is 0 Å². The van der Waals surface area contributed by atoms with Crippen LogP contribution in [0.4, 0.5) is 0 Å². The average Bonchev–Trinajstić information content (AvgIpc) is 2.20. The van der Waals surface area contributed by atoms with E-state index in [2.05, 4.69) is 22.9 Å². The van der Waals surface area contributed by atoms with Crippen molar-refractivity contribution in [3.8, 4) is 0 Å². The van der Waals surface area contributed by atoms with Gasteiger partial charge in [0.1, 0.15) is 9.84 Å². The number of hydrogen-bond donors (Lipinski definition) is 0. The van der Waals surface area contributed by atoms with Gasteiger partial charge in [-0.25, -0.2) is 8.42 Å². The molecule has 0 N–H and O–H groups in total. The molecule has 1 rings (SSSR count). The van der Waals surface area contributed by atoms with Crippen LogP contribution in [0.5, 0.6) is 0 Å². The van der Waals surface area contributed by atoms with Crippen molar-refractivity contribution in [2.45, 2.75) is 44.4 Å². The van der Waals surface area contributed by atoms with Crippen molar-refractivity contribution in [1.82, 2.24) is 0 Å². The molecule has 3 unspecified atom stereocenters. The molecule has 0 aromatic heterocycles. The third-order valence-electron chi connectivity index (χ3n) is 3.39. The van der Waals surface area contributed by atoms with E-state index in [1.165, 1.54) is 19.3 Å². The maximum Gasteiger partial charge on any atom is 0.150 e. The van der Waals surface area contributed by atoms with Crippen molar-refractivity contribution in [3.05, 3.63) is 0 Å². The Bertz CT molecular complexity index is 287. The fraction of sp³-hybridized carbons (Fsp3) is 1.00. The first-order valence-corrected chi connectivity index (χ1v) is 8.52. The molecule has 3 atom stereocenters. The van der Waals surface area contributed by atoms with E-state index in [1.807, 2.05) is 0 Å². The molecule has 1 saturated carbocycles. The van der Waals surface area contributed by atoms with E-state index in [9.17, 15) is 8.42 Å². The third kappa shape index (κ3) is 4.43. The Morgan fingerprint density at radius 3 is 2.60 bits per heavy atom. The van der Waals surface area contributed by atoms with Crippen molar-refractivity contribution in [2.24, 2.45) is 11.8 Å². The summed E-state index contributed by atoms with van der Waals surface area (Å²) in [6.45, 7) is 3.99. The first-order chi connectivity index (χ1) is 6.94. The van der Waals surface area contributed by atoms with Crippen LogP contribution in [0.25, 0.3) is 0 Å². The topological polar surface area (TPSA) is 34.1 Å². The Morgan fingerprint density at radius 1 is 1.33 bits per heavy atom. The highest BCUT2D eigenvalue weighted by Crippen LogP contribution is 2.35. The Kier molecular flexibility index (Phi) is 5.10. The second kappa shape index (κ2) is 5.67. The molecule has 1 fully saturated rings. The van der Waals surface area contributed by atoms with Crippen LogP contribution in [0.1, 0.15) is 39.5 Å². The van der Waals surface area contributed by atoms with Gasteiger partial charge in [0.25, 0.3) is 0 Å². The minimum atomic E-state index is -2.78. The van der Waals surface area contributed by atoms with E-state index >= 15 is 0 Å². The van der Waals surface area contributed by atoms with E-state index in [1.54, 1.807) is 6.92 Å². The maximum atomic E-state index is 11.4. The third-order valence-corrected chi connectivity index (χ3v) is 6.33. The van der Waals surface area contributed by atoms with Gasteiger partial charge in [-0.15, -0.1) is 0 Å². The summed E-state index contributed by atoms with van der Waals surface area (Å²) in [7, 11) is -2.78. The molecule has 0 aromatic rings. The quantitative estimate of drug-likeness (QED) is 0.748. The molecule has 90 valence electrons. The van der Waals surface area contributed by atoms with Crippen molar-refractivity contribution in [3.63, 3.8) is 0 Å². The van der Waals surface area contributed by atoms with Gasteiger partial charge in [-0.05, 0) is 37.5 Å². The molecule has 15 heavy (non-hydrogen) atoms. The molecule has 0 saturated heterocycles. The van der Waals surface area contributed by atoms with Crippen molar-refractivity contribution < 1.29 is 8.42 Å². The Hall–Kier alpha value is 0.430. The number of rotatable bonds is 4. The molecule has 0 bridgehead atoms. The van der Waals surface area contributed by atoms with Crippen LogP contribution >= 0.6 is 15.9 Å². The molecule has 4 heteroatoms. The number of sulfone groups is 1. The van der Waals surface area contributed by atoms with Crippen LogP contribution < -0.4 is 0 Å². The second-order valence-corrected chi connectivity index (χ2v) is 8.37. The van der Waals surface area contributed by atoms with Gasteiger partial charge in [-0.2, -0.15) is 0 Å². The van der Waals surface area contributed by atoms with Crippen LogP contribution in [0, 0.1) is 11.8 Å². The Balaban J connectivity index is 2.43. The number of alkyl halides is 1. The molecule has 1 aliphatic rings. The van der Waals surface area contributed by atoms with Crippen LogP contribution in [0.15, 0.2) is 0 Å². The lowest BCUT2D eigenvalue weighted by Gasteiger charge is -2.31. The summed E-state index contributed by atoms with van der Waals surface area (Å²) in [5.41, 5.74) is 0. The van der Waals surface area contributed by atoms with Crippen molar-refractivity contribution in [1.29, 1.82) is 0 Å². The predicted molar refractivity (Wildman–Crippen MR) is 68.2 cm³/mol. The maximum absolute atomic E-state index is 11.4. The van der Waals surface area contributed by atoms with E-state index in [0.29, 0.717) is 16.5 Å². The molecule has 2 nitrogen and oxygen atoms in total. The summed E-state index contributed by atoms with van der Waals surface area (Å²) in [6, 6.07) is 0. The summed E-state index contributed by atoms with van der Waals surface area (Å²) in [5.74, 6) is 1.95. The number of halogens is 1. The van der Waals surface area contributed by atoms with Crippen molar-refractivity contribution in [2.75, 3.05) is 11.5 Å². The standard InChI is InChI=1S/C11H21BrO2S/c1-3-15(13,14)7-6-10-8-9(2)4-5-11(10)12/h9-11H,3-8H2,1-2H3. The molecule has 0 aliphatic heterocycles. The largest absolute Gasteiger partial charge is 0.229 e. The molecule has 0 spiro atoms. The number of hydrogen-bond acceptors (Lipinski definition) is 2. The smallest absolute Gasteiger partial charge is 0.150 e. The molecule has 0 heterocycles. The Labute approximate surface area is 102 Å². The zero-order chi connectivity index (χ0) is 11.5. The van der Waals surface area contributed by atoms with Crippen molar-refractivity contribution >= 4 is 25.8 Å². The lowest BCUT2D eigenvalue weighted by atomic mass is 9.81. The van der Waals surface area contributed by atoms with Gasteiger partial charge in [-0.3, -0.25) is 0 Å². The minimum Gasteiger partial charge on any atom is -0.229 e. The van der Waals surface area contributed by atoms with Crippen LogP contribution in [-0.2, 0) is 9.84 Å². The normalized spacial score (nSPS) is 32.9. The highest BCUT2D eigenvalue weighted by molar-refractivity contribution is 9.09. The SMILES string of the molecule is CCS(=O)(=O)CCC1CC(C)CCC1Br. The predicted octanol–water partition coefficient (Wildman–Crippen LogP) is 3.01. The summed E-state index contributed by atoms with van der Waals surface area (Å²) >= 11 is 3.68. The first kappa shape index (κ1) is 13.5. The monoisotopic (exact) mass is 296 g/mol. The molecule has 0 aromatic carbocycles. The molecular formula is C11H21BrO2S. The van der Waals surface area contributed by atoms with Crippen LogP contribution in [-0.4, -0.2) is 24.8 Å². The summed E-state index contributed by atoms with van der Waals surface area (Å²) in [5, 5.41) is 0.